The average molecular weight is 369 g/mol. The maximum atomic E-state index is 12.0. The number of amides is 1. The van der Waals surface area contributed by atoms with Gasteiger partial charge in [0.1, 0.15) is 5.75 Å². The van der Waals surface area contributed by atoms with E-state index in [0.29, 0.717) is 10.8 Å². The molecule has 3 rings (SSSR count). The van der Waals surface area contributed by atoms with E-state index in [4.69, 9.17) is 16.3 Å². The van der Waals surface area contributed by atoms with Crippen molar-refractivity contribution in [2.75, 3.05) is 0 Å². The van der Waals surface area contributed by atoms with Crippen molar-refractivity contribution in [3.8, 4) is 16.9 Å². The lowest BCUT2D eigenvalue weighted by Crippen LogP contribution is -2.40. The maximum Gasteiger partial charge on any atom is 0.260 e. The molecule has 4 nitrogen and oxygen atoms in total. The third kappa shape index (κ3) is 3.97. The van der Waals surface area contributed by atoms with Gasteiger partial charge in [-0.2, -0.15) is 0 Å². The molecule has 2 aromatic carbocycles. The van der Waals surface area contributed by atoms with E-state index in [0.717, 1.165) is 22.0 Å². The number of halogens is 1. The monoisotopic (exact) mass is 368 g/mol. The summed E-state index contributed by atoms with van der Waals surface area (Å²) in [4.78, 5) is 16.5. The summed E-state index contributed by atoms with van der Waals surface area (Å²) in [7, 11) is 0. The van der Waals surface area contributed by atoms with Crippen molar-refractivity contribution < 1.29 is 9.53 Å². The Morgan fingerprint density at radius 2 is 1.85 bits per heavy atom. The lowest BCUT2D eigenvalue weighted by molar-refractivity contribution is -0.127. The van der Waals surface area contributed by atoms with Crippen LogP contribution in [0.4, 0.5) is 0 Å². The predicted octanol–water partition coefficient (Wildman–Crippen LogP) is 4.85. The molecule has 0 aliphatic rings. The van der Waals surface area contributed by atoms with Crippen LogP contribution in [0, 0.1) is 0 Å². The van der Waals surface area contributed by atoms with Gasteiger partial charge in [-0.3, -0.25) is 9.78 Å². The molecule has 134 valence electrons. The molecule has 0 aliphatic carbocycles. The molecule has 1 unspecified atom stereocenters. The fraction of sp³-hybridized carbons (Fsp3) is 0.238. The number of nitrogens with zero attached hydrogens (tertiary/aromatic N) is 1. The van der Waals surface area contributed by atoms with Crippen molar-refractivity contribution in [1.82, 2.24) is 10.3 Å². The Morgan fingerprint density at radius 3 is 2.58 bits per heavy atom. The van der Waals surface area contributed by atoms with E-state index >= 15 is 0 Å². The first-order valence-electron chi connectivity index (χ1n) is 8.56. The molecular formula is C21H21ClN2O2. The second kappa shape index (κ2) is 7.75. The van der Waals surface area contributed by atoms with Crippen molar-refractivity contribution in [2.45, 2.75) is 32.9 Å². The Morgan fingerprint density at radius 1 is 1.08 bits per heavy atom. The lowest BCUT2D eigenvalue weighted by atomic mass is 10.0. The number of nitrogens with one attached hydrogen (secondary N) is 1. The molecule has 0 radical (unpaired) electrons. The molecule has 5 heteroatoms. The first-order valence-corrected chi connectivity index (χ1v) is 8.94. The minimum atomic E-state index is -0.582. The van der Waals surface area contributed by atoms with E-state index in [1.165, 1.54) is 0 Å². The fourth-order valence-corrected chi connectivity index (χ4v) is 3.01. The van der Waals surface area contributed by atoms with Crippen molar-refractivity contribution in [2.24, 2.45) is 0 Å². The number of fused-ring (bicyclic) bond motifs is 1. The molecule has 0 aliphatic heterocycles. The number of pyridine rings is 1. The average Bonchev–Trinajstić information content (AvgIpc) is 2.61. The molecule has 0 saturated carbocycles. The number of benzene rings is 2. The Balaban J connectivity index is 1.91. The van der Waals surface area contributed by atoms with Crippen LogP contribution in [0.25, 0.3) is 22.0 Å². The minimum Gasteiger partial charge on any atom is -0.481 e. The number of carbonyl (C=O) groups excluding carboxylic acids is 1. The Bertz CT molecular complexity index is 940. The summed E-state index contributed by atoms with van der Waals surface area (Å²) in [5.41, 5.74) is 2.76. The van der Waals surface area contributed by atoms with Crippen molar-refractivity contribution >= 4 is 28.4 Å². The standard InChI is InChI=1S/C21H21ClN2O2/c1-13(2)24-21(25)14(3)26-15-8-9-18-16(10-11-23-20(18)12-15)17-6-4-5-7-19(17)22/h4-14H,1-3H3,(H,24,25). The van der Waals surface area contributed by atoms with Gasteiger partial charge in [0.15, 0.2) is 6.10 Å². The molecule has 0 saturated heterocycles. The van der Waals surface area contributed by atoms with Crippen molar-refractivity contribution in [3.05, 3.63) is 59.8 Å². The van der Waals surface area contributed by atoms with Crippen LogP contribution in [-0.4, -0.2) is 23.0 Å². The van der Waals surface area contributed by atoms with Crippen molar-refractivity contribution in [3.63, 3.8) is 0 Å². The van der Waals surface area contributed by atoms with Crippen LogP contribution in [0.3, 0.4) is 0 Å². The summed E-state index contributed by atoms with van der Waals surface area (Å²) in [6, 6.07) is 15.4. The first kappa shape index (κ1) is 18.2. The number of aromatic nitrogens is 1. The SMILES string of the molecule is CC(C)NC(=O)C(C)Oc1ccc2c(-c3ccccc3Cl)ccnc2c1. The van der Waals surface area contributed by atoms with Crippen LogP contribution in [0.5, 0.6) is 5.75 Å². The van der Waals surface area contributed by atoms with Gasteiger partial charge in [0.25, 0.3) is 5.91 Å². The van der Waals surface area contributed by atoms with Crippen LogP contribution in [0.2, 0.25) is 5.02 Å². The van der Waals surface area contributed by atoms with Gasteiger partial charge < -0.3 is 10.1 Å². The van der Waals surface area contributed by atoms with Gasteiger partial charge in [-0.25, -0.2) is 0 Å². The number of carbonyl (C=O) groups is 1. The molecule has 0 fully saturated rings. The van der Waals surface area contributed by atoms with Gasteiger partial charge >= 0.3 is 0 Å². The minimum absolute atomic E-state index is 0.0741. The fourth-order valence-electron chi connectivity index (χ4n) is 2.78. The van der Waals surface area contributed by atoms with Gasteiger partial charge in [-0.15, -0.1) is 0 Å². The Labute approximate surface area is 158 Å². The normalized spacial score (nSPS) is 12.2. The molecule has 1 N–H and O–H groups in total. The van der Waals surface area contributed by atoms with Gasteiger partial charge in [0.05, 0.1) is 5.52 Å². The lowest BCUT2D eigenvalue weighted by Gasteiger charge is -2.17. The smallest absolute Gasteiger partial charge is 0.260 e. The van der Waals surface area contributed by atoms with Gasteiger partial charge in [-0.1, -0.05) is 29.8 Å². The molecule has 1 atom stereocenters. The summed E-state index contributed by atoms with van der Waals surface area (Å²) < 4.78 is 5.78. The van der Waals surface area contributed by atoms with E-state index in [-0.39, 0.29) is 11.9 Å². The Hall–Kier alpha value is -2.59. The molecule has 1 amide bonds. The van der Waals surface area contributed by atoms with Gasteiger partial charge in [0, 0.05) is 34.3 Å². The zero-order valence-electron chi connectivity index (χ0n) is 15.0. The highest BCUT2D eigenvalue weighted by Crippen LogP contribution is 2.33. The third-order valence-corrected chi connectivity index (χ3v) is 4.32. The van der Waals surface area contributed by atoms with E-state index in [1.54, 1.807) is 13.1 Å². The van der Waals surface area contributed by atoms with Crippen LogP contribution < -0.4 is 10.1 Å². The maximum absolute atomic E-state index is 12.0. The summed E-state index contributed by atoms with van der Waals surface area (Å²) in [6.45, 7) is 5.57. The zero-order chi connectivity index (χ0) is 18.7. The highest BCUT2D eigenvalue weighted by Gasteiger charge is 2.16. The van der Waals surface area contributed by atoms with E-state index in [1.807, 2.05) is 62.4 Å². The number of ether oxygens (including phenoxy) is 1. The largest absolute Gasteiger partial charge is 0.481 e. The van der Waals surface area contributed by atoms with Gasteiger partial charge in [-0.05, 0) is 50.6 Å². The number of hydrogen-bond acceptors (Lipinski definition) is 3. The topological polar surface area (TPSA) is 51.2 Å². The summed E-state index contributed by atoms with van der Waals surface area (Å²) in [5.74, 6) is 0.464. The van der Waals surface area contributed by atoms with Crippen LogP contribution in [-0.2, 0) is 4.79 Å². The van der Waals surface area contributed by atoms with Crippen LogP contribution in [0.15, 0.2) is 54.7 Å². The van der Waals surface area contributed by atoms with Crippen molar-refractivity contribution in [1.29, 1.82) is 0 Å². The van der Waals surface area contributed by atoms with E-state index in [9.17, 15) is 4.79 Å². The second-order valence-electron chi connectivity index (χ2n) is 6.44. The molecule has 3 aromatic rings. The molecule has 26 heavy (non-hydrogen) atoms. The molecule has 1 aromatic heterocycles. The summed E-state index contributed by atoms with van der Waals surface area (Å²) in [6.07, 6.45) is 1.17. The molecule has 1 heterocycles. The highest BCUT2D eigenvalue weighted by molar-refractivity contribution is 6.33. The van der Waals surface area contributed by atoms with E-state index in [2.05, 4.69) is 10.3 Å². The quantitative estimate of drug-likeness (QED) is 0.700. The zero-order valence-corrected chi connectivity index (χ0v) is 15.7. The summed E-state index contributed by atoms with van der Waals surface area (Å²) in [5, 5.41) is 4.52. The second-order valence-corrected chi connectivity index (χ2v) is 6.85. The Kier molecular flexibility index (Phi) is 5.43. The highest BCUT2D eigenvalue weighted by atomic mass is 35.5. The van der Waals surface area contributed by atoms with Crippen LogP contribution in [0.1, 0.15) is 20.8 Å². The van der Waals surface area contributed by atoms with E-state index < -0.39 is 6.10 Å². The third-order valence-electron chi connectivity index (χ3n) is 3.99. The molecular weight excluding hydrogens is 348 g/mol. The van der Waals surface area contributed by atoms with Crippen LogP contribution >= 0.6 is 11.6 Å². The number of hydrogen-bond donors (Lipinski definition) is 1. The summed E-state index contributed by atoms with van der Waals surface area (Å²) >= 11 is 6.35. The molecule has 0 spiro atoms. The predicted molar refractivity (Wildman–Crippen MR) is 106 cm³/mol. The first-order chi connectivity index (χ1) is 12.5. The number of rotatable bonds is 5. The van der Waals surface area contributed by atoms with Gasteiger partial charge in [0.2, 0.25) is 0 Å². The molecule has 0 bridgehead atoms.